The van der Waals surface area contributed by atoms with Gasteiger partial charge in [0, 0.05) is 11.3 Å². The Morgan fingerprint density at radius 2 is 1.89 bits per heavy atom. The Labute approximate surface area is 112 Å². The van der Waals surface area contributed by atoms with Crippen LogP contribution in [0.3, 0.4) is 0 Å². The quantitative estimate of drug-likeness (QED) is 0.859. The molecule has 0 atom stereocenters. The fraction of sp³-hybridized carbons (Fsp3) is 0.333. The second-order valence-corrected chi connectivity index (χ2v) is 4.83. The molecule has 19 heavy (non-hydrogen) atoms. The highest BCUT2D eigenvalue weighted by atomic mass is 16.5. The maximum Gasteiger partial charge on any atom is 0.358 e. The van der Waals surface area contributed by atoms with E-state index in [1.165, 1.54) is 12.7 Å². The minimum Gasteiger partial charge on any atom is -0.464 e. The third-order valence-electron chi connectivity index (χ3n) is 3.11. The lowest BCUT2D eigenvalue weighted by Crippen LogP contribution is -2.03. The lowest BCUT2D eigenvalue weighted by molar-refractivity contribution is 0.0594. The van der Waals surface area contributed by atoms with Gasteiger partial charge in [-0.2, -0.15) is 0 Å². The second-order valence-electron chi connectivity index (χ2n) is 4.83. The molecule has 0 aliphatic carbocycles. The first kappa shape index (κ1) is 13.3. The number of methoxy groups -OCH3 is 1. The molecule has 0 radical (unpaired) electrons. The molecule has 0 unspecified atom stereocenters. The predicted molar refractivity (Wildman–Crippen MR) is 74.2 cm³/mol. The number of H-pyrrole nitrogens is 1. The van der Waals surface area contributed by atoms with Gasteiger partial charge in [0.1, 0.15) is 5.82 Å². The smallest absolute Gasteiger partial charge is 0.358 e. The first-order valence-corrected chi connectivity index (χ1v) is 6.28. The first-order chi connectivity index (χ1) is 9.02. The molecular weight excluding hydrogens is 240 g/mol. The number of rotatable bonds is 3. The summed E-state index contributed by atoms with van der Waals surface area (Å²) in [6, 6.07) is 8.18. The molecule has 4 heteroatoms. The van der Waals surface area contributed by atoms with Crippen LogP contribution in [0.2, 0.25) is 0 Å². The zero-order chi connectivity index (χ0) is 14.0. The van der Waals surface area contributed by atoms with Crippen LogP contribution >= 0.6 is 0 Å². The normalized spacial score (nSPS) is 10.8. The Kier molecular flexibility index (Phi) is 3.69. The molecule has 0 amide bonds. The van der Waals surface area contributed by atoms with Gasteiger partial charge in [-0.05, 0) is 18.4 Å². The van der Waals surface area contributed by atoms with E-state index in [9.17, 15) is 4.79 Å². The van der Waals surface area contributed by atoms with Gasteiger partial charge in [-0.1, -0.05) is 38.1 Å². The standard InChI is InChI=1S/C15H18N2O2/c1-9(2)11-5-7-12(8-6-11)14-16-10(3)13(17-14)15(18)19-4/h5-9H,1-4H3,(H,16,17). The molecule has 0 spiro atoms. The van der Waals surface area contributed by atoms with E-state index >= 15 is 0 Å². The Balaban J connectivity index is 2.34. The predicted octanol–water partition coefficient (Wildman–Crippen LogP) is 3.30. The van der Waals surface area contributed by atoms with E-state index in [0.717, 1.165) is 11.3 Å². The molecule has 0 saturated heterocycles. The number of imidazole rings is 1. The van der Waals surface area contributed by atoms with Crippen molar-refractivity contribution in [3.8, 4) is 11.4 Å². The second kappa shape index (κ2) is 5.26. The minimum absolute atomic E-state index is 0.338. The van der Waals surface area contributed by atoms with Crippen LogP contribution in [0.25, 0.3) is 11.4 Å². The monoisotopic (exact) mass is 258 g/mol. The number of carbonyl (C=O) groups is 1. The molecule has 100 valence electrons. The van der Waals surface area contributed by atoms with E-state index in [4.69, 9.17) is 4.74 Å². The molecule has 0 bridgehead atoms. The van der Waals surface area contributed by atoms with Crippen molar-refractivity contribution in [1.29, 1.82) is 0 Å². The maximum atomic E-state index is 11.5. The van der Waals surface area contributed by atoms with Crippen LogP contribution in [0, 0.1) is 6.92 Å². The number of benzene rings is 1. The van der Waals surface area contributed by atoms with Crippen LogP contribution in [0.15, 0.2) is 24.3 Å². The zero-order valence-electron chi connectivity index (χ0n) is 11.7. The van der Waals surface area contributed by atoms with Crippen molar-refractivity contribution >= 4 is 5.97 Å². The van der Waals surface area contributed by atoms with Gasteiger partial charge in [-0.25, -0.2) is 9.78 Å². The van der Waals surface area contributed by atoms with E-state index in [0.29, 0.717) is 17.4 Å². The number of aromatic amines is 1. The van der Waals surface area contributed by atoms with Crippen molar-refractivity contribution < 1.29 is 9.53 Å². The van der Waals surface area contributed by atoms with Crippen molar-refractivity contribution in [1.82, 2.24) is 9.97 Å². The minimum atomic E-state index is -0.418. The summed E-state index contributed by atoms with van der Waals surface area (Å²) in [5.41, 5.74) is 3.29. The summed E-state index contributed by atoms with van der Waals surface area (Å²) in [5, 5.41) is 0. The highest BCUT2D eigenvalue weighted by molar-refractivity contribution is 5.89. The highest BCUT2D eigenvalue weighted by Gasteiger charge is 2.15. The summed E-state index contributed by atoms with van der Waals surface area (Å²) in [6.07, 6.45) is 0. The summed E-state index contributed by atoms with van der Waals surface area (Å²) in [7, 11) is 1.35. The van der Waals surface area contributed by atoms with E-state index in [1.807, 2.05) is 19.1 Å². The average Bonchev–Trinajstić information content (AvgIpc) is 2.80. The molecule has 0 aliphatic rings. The van der Waals surface area contributed by atoms with Gasteiger partial charge in [0.2, 0.25) is 0 Å². The van der Waals surface area contributed by atoms with Crippen LogP contribution in [-0.2, 0) is 4.74 Å². The Bertz CT molecular complexity index is 583. The molecule has 1 aromatic carbocycles. The van der Waals surface area contributed by atoms with Crippen molar-refractivity contribution in [2.24, 2.45) is 0 Å². The molecule has 0 fully saturated rings. The van der Waals surface area contributed by atoms with Crippen LogP contribution in [0.1, 0.15) is 41.5 Å². The van der Waals surface area contributed by atoms with Crippen LogP contribution in [-0.4, -0.2) is 23.0 Å². The van der Waals surface area contributed by atoms with E-state index in [2.05, 4.69) is 35.9 Å². The molecule has 0 saturated carbocycles. The summed E-state index contributed by atoms with van der Waals surface area (Å²) in [6.45, 7) is 6.12. The fourth-order valence-corrected chi connectivity index (χ4v) is 1.92. The zero-order valence-corrected chi connectivity index (χ0v) is 11.7. The lowest BCUT2D eigenvalue weighted by atomic mass is 10.0. The van der Waals surface area contributed by atoms with E-state index in [-0.39, 0.29) is 0 Å². The Hall–Kier alpha value is -2.10. The number of aryl methyl sites for hydroxylation is 1. The third kappa shape index (κ3) is 2.67. The Morgan fingerprint density at radius 3 is 2.42 bits per heavy atom. The number of carbonyl (C=O) groups excluding carboxylic acids is 1. The average molecular weight is 258 g/mol. The van der Waals surface area contributed by atoms with Crippen LogP contribution in [0.4, 0.5) is 0 Å². The van der Waals surface area contributed by atoms with Gasteiger partial charge in [0.15, 0.2) is 5.69 Å². The molecule has 1 aromatic heterocycles. The Morgan fingerprint density at radius 1 is 1.26 bits per heavy atom. The van der Waals surface area contributed by atoms with Gasteiger partial charge in [0.25, 0.3) is 0 Å². The topological polar surface area (TPSA) is 55.0 Å². The third-order valence-corrected chi connectivity index (χ3v) is 3.11. The van der Waals surface area contributed by atoms with Gasteiger partial charge >= 0.3 is 5.97 Å². The number of aromatic nitrogens is 2. The van der Waals surface area contributed by atoms with Crippen molar-refractivity contribution in [3.05, 3.63) is 41.2 Å². The summed E-state index contributed by atoms with van der Waals surface area (Å²) in [4.78, 5) is 18.9. The summed E-state index contributed by atoms with van der Waals surface area (Å²) < 4.78 is 4.70. The molecule has 2 aromatic rings. The van der Waals surface area contributed by atoms with Gasteiger partial charge in [0.05, 0.1) is 7.11 Å². The number of nitrogens with zero attached hydrogens (tertiary/aromatic N) is 1. The van der Waals surface area contributed by atoms with Gasteiger partial charge in [-0.3, -0.25) is 0 Å². The SMILES string of the molecule is COC(=O)c1nc(-c2ccc(C(C)C)cc2)[nH]c1C. The highest BCUT2D eigenvalue weighted by Crippen LogP contribution is 2.21. The van der Waals surface area contributed by atoms with E-state index < -0.39 is 5.97 Å². The number of hydrogen-bond donors (Lipinski definition) is 1. The molecule has 4 nitrogen and oxygen atoms in total. The molecular formula is C15H18N2O2. The number of hydrogen-bond acceptors (Lipinski definition) is 3. The van der Waals surface area contributed by atoms with E-state index in [1.54, 1.807) is 0 Å². The van der Waals surface area contributed by atoms with Crippen molar-refractivity contribution in [2.45, 2.75) is 26.7 Å². The number of ether oxygens (including phenoxy) is 1. The van der Waals surface area contributed by atoms with Crippen LogP contribution in [0.5, 0.6) is 0 Å². The summed E-state index contributed by atoms with van der Waals surface area (Å²) >= 11 is 0. The van der Waals surface area contributed by atoms with Crippen molar-refractivity contribution in [3.63, 3.8) is 0 Å². The number of nitrogens with one attached hydrogen (secondary N) is 1. The van der Waals surface area contributed by atoms with Crippen molar-refractivity contribution in [2.75, 3.05) is 7.11 Å². The molecule has 0 aliphatic heterocycles. The maximum absolute atomic E-state index is 11.5. The molecule has 2 rings (SSSR count). The lowest BCUT2D eigenvalue weighted by Gasteiger charge is -2.05. The first-order valence-electron chi connectivity index (χ1n) is 6.28. The van der Waals surface area contributed by atoms with Gasteiger partial charge in [-0.15, -0.1) is 0 Å². The molecule has 1 heterocycles. The summed E-state index contributed by atoms with van der Waals surface area (Å²) in [5.74, 6) is 0.769. The molecule has 1 N–H and O–H groups in total. The largest absolute Gasteiger partial charge is 0.464 e. The fourth-order valence-electron chi connectivity index (χ4n) is 1.92. The number of esters is 1. The van der Waals surface area contributed by atoms with Gasteiger partial charge < -0.3 is 9.72 Å². The van der Waals surface area contributed by atoms with Crippen LogP contribution < -0.4 is 0 Å².